The van der Waals surface area contributed by atoms with E-state index in [1.165, 1.54) is 0 Å². The van der Waals surface area contributed by atoms with E-state index < -0.39 is 18.1 Å². The average molecular weight is 412 g/mol. The van der Waals surface area contributed by atoms with Crippen LogP contribution in [0.1, 0.15) is 12.5 Å². The maximum absolute atomic E-state index is 12.7. The van der Waals surface area contributed by atoms with Crippen LogP contribution >= 0.6 is 0 Å². The van der Waals surface area contributed by atoms with Gasteiger partial charge in [0.15, 0.2) is 0 Å². The molecule has 4 rings (SSSR count). The van der Waals surface area contributed by atoms with Gasteiger partial charge in [-0.3, -0.25) is 4.79 Å². The summed E-state index contributed by atoms with van der Waals surface area (Å²) in [4.78, 5) is 24.5. The second-order valence-corrected chi connectivity index (χ2v) is 7.71. The van der Waals surface area contributed by atoms with E-state index in [1.807, 2.05) is 84.9 Å². The van der Waals surface area contributed by atoms with Crippen LogP contribution in [0.5, 0.6) is 0 Å². The first kappa shape index (κ1) is 20.4. The third kappa shape index (κ3) is 4.83. The van der Waals surface area contributed by atoms with Gasteiger partial charge in [0.25, 0.3) is 0 Å². The van der Waals surface area contributed by atoms with Gasteiger partial charge in [0, 0.05) is 12.1 Å². The molecule has 4 aromatic carbocycles. The van der Waals surface area contributed by atoms with E-state index in [0.717, 1.165) is 32.8 Å². The normalized spacial score (nSPS) is 12.9. The molecular weight excluding hydrogens is 388 g/mol. The van der Waals surface area contributed by atoms with E-state index in [1.54, 1.807) is 6.92 Å². The Morgan fingerprint density at radius 3 is 2.03 bits per heavy atom. The van der Waals surface area contributed by atoms with Crippen molar-refractivity contribution >= 4 is 39.1 Å². The molecule has 3 N–H and O–H groups in total. The summed E-state index contributed by atoms with van der Waals surface area (Å²) in [5.74, 6) is -1.42. The summed E-state index contributed by atoms with van der Waals surface area (Å²) in [7, 11) is 0. The van der Waals surface area contributed by atoms with Crippen LogP contribution in [0.25, 0.3) is 21.5 Å². The molecule has 0 aliphatic heterocycles. The zero-order chi connectivity index (χ0) is 21.8. The van der Waals surface area contributed by atoms with Crippen molar-refractivity contribution in [3.63, 3.8) is 0 Å². The lowest BCUT2D eigenvalue weighted by Crippen LogP contribution is -2.47. The number of anilines is 1. The molecule has 0 saturated carbocycles. The van der Waals surface area contributed by atoms with E-state index in [4.69, 9.17) is 0 Å². The summed E-state index contributed by atoms with van der Waals surface area (Å²) in [5, 5.41) is 19.8. The topological polar surface area (TPSA) is 78.4 Å². The second kappa shape index (κ2) is 8.88. The van der Waals surface area contributed by atoms with Gasteiger partial charge in [-0.15, -0.1) is 0 Å². The van der Waals surface area contributed by atoms with Crippen molar-refractivity contribution in [3.05, 3.63) is 90.5 Å². The molecule has 0 aliphatic rings. The number of carboxylic acids is 1. The number of carbonyl (C=O) groups excluding carboxylic acids is 1. The van der Waals surface area contributed by atoms with E-state index in [9.17, 15) is 14.7 Å². The highest BCUT2D eigenvalue weighted by molar-refractivity contribution is 5.90. The summed E-state index contributed by atoms with van der Waals surface area (Å²) in [6.07, 6.45) is 0.217. The minimum Gasteiger partial charge on any atom is -0.480 e. The van der Waals surface area contributed by atoms with Crippen molar-refractivity contribution < 1.29 is 14.7 Å². The van der Waals surface area contributed by atoms with Gasteiger partial charge in [-0.2, -0.15) is 0 Å². The van der Waals surface area contributed by atoms with Crippen molar-refractivity contribution in [2.45, 2.75) is 25.4 Å². The highest BCUT2D eigenvalue weighted by Crippen LogP contribution is 2.20. The number of carboxylic acid groups (broad SMARTS) is 1. The Morgan fingerprint density at radius 1 is 0.806 bits per heavy atom. The largest absolute Gasteiger partial charge is 0.480 e. The zero-order valence-corrected chi connectivity index (χ0v) is 17.2. The number of carbonyl (C=O) groups is 2. The number of hydrogen-bond donors (Lipinski definition) is 3. The van der Waals surface area contributed by atoms with Gasteiger partial charge in [-0.25, -0.2) is 4.79 Å². The molecular formula is C26H24N2O3. The monoisotopic (exact) mass is 412 g/mol. The van der Waals surface area contributed by atoms with Gasteiger partial charge < -0.3 is 15.7 Å². The molecule has 0 radical (unpaired) electrons. The quantitative estimate of drug-likeness (QED) is 0.414. The fraction of sp³-hybridized carbons (Fsp3) is 0.154. The number of hydrogen-bond acceptors (Lipinski definition) is 3. The maximum Gasteiger partial charge on any atom is 0.326 e. The summed E-state index contributed by atoms with van der Waals surface area (Å²) in [5.41, 5.74) is 1.67. The summed E-state index contributed by atoms with van der Waals surface area (Å²) in [6.45, 7) is 1.72. The molecule has 4 aromatic rings. The lowest BCUT2D eigenvalue weighted by atomic mass is 10.0. The van der Waals surface area contributed by atoms with Crippen molar-refractivity contribution in [1.82, 2.24) is 5.32 Å². The van der Waals surface area contributed by atoms with Crippen LogP contribution in [0.3, 0.4) is 0 Å². The Balaban J connectivity index is 1.43. The third-order valence-electron chi connectivity index (χ3n) is 5.39. The fourth-order valence-corrected chi connectivity index (χ4v) is 3.69. The highest BCUT2D eigenvalue weighted by atomic mass is 16.4. The number of aliphatic carboxylic acids is 1. The standard InChI is InChI=1S/C26H24N2O3/c1-17(27-23-13-12-20-7-3-5-9-22(20)16-23)25(29)28-24(26(30)31)15-18-10-11-19-6-2-4-8-21(19)14-18/h2-14,16-17,24,27H,15H2,1H3,(H,28,29)(H,30,31)/t17-,24-/m0/s1. The molecule has 0 saturated heterocycles. The highest BCUT2D eigenvalue weighted by Gasteiger charge is 2.23. The Kier molecular flexibility index (Phi) is 5.85. The number of rotatable bonds is 7. The Bertz CT molecular complexity index is 1250. The first-order valence-electron chi connectivity index (χ1n) is 10.3. The molecule has 5 nitrogen and oxygen atoms in total. The minimum absolute atomic E-state index is 0.217. The lowest BCUT2D eigenvalue weighted by molar-refractivity contribution is -0.141. The van der Waals surface area contributed by atoms with Gasteiger partial charge in [0.05, 0.1) is 0 Å². The first-order chi connectivity index (χ1) is 15.0. The summed E-state index contributed by atoms with van der Waals surface area (Å²) in [6, 6.07) is 26.0. The number of amides is 1. The van der Waals surface area contributed by atoms with Gasteiger partial charge in [0.2, 0.25) is 5.91 Å². The predicted molar refractivity (Wildman–Crippen MR) is 124 cm³/mol. The van der Waals surface area contributed by atoms with Gasteiger partial charge in [-0.05, 0) is 46.2 Å². The molecule has 0 spiro atoms. The van der Waals surface area contributed by atoms with Crippen molar-refractivity contribution in [3.8, 4) is 0 Å². The third-order valence-corrected chi connectivity index (χ3v) is 5.39. The minimum atomic E-state index is -1.06. The van der Waals surface area contributed by atoms with E-state index in [2.05, 4.69) is 10.6 Å². The van der Waals surface area contributed by atoms with Crippen LogP contribution in [0, 0.1) is 0 Å². The maximum atomic E-state index is 12.7. The molecule has 0 aromatic heterocycles. The van der Waals surface area contributed by atoms with Crippen molar-refractivity contribution in [1.29, 1.82) is 0 Å². The SMILES string of the molecule is C[C@H](Nc1ccc2ccccc2c1)C(=O)N[C@@H](Cc1ccc2ccccc2c1)C(=O)O. The molecule has 1 amide bonds. The van der Waals surface area contributed by atoms with E-state index in [0.29, 0.717) is 0 Å². The molecule has 0 unspecified atom stereocenters. The number of benzene rings is 4. The second-order valence-electron chi connectivity index (χ2n) is 7.71. The van der Waals surface area contributed by atoms with Crippen LogP contribution in [0.4, 0.5) is 5.69 Å². The van der Waals surface area contributed by atoms with E-state index in [-0.39, 0.29) is 12.3 Å². The Hall–Kier alpha value is -3.86. The molecule has 0 fully saturated rings. The van der Waals surface area contributed by atoms with E-state index >= 15 is 0 Å². The number of fused-ring (bicyclic) bond motifs is 2. The predicted octanol–water partition coefficient (Wildman–Crippen LogP) is 4.61. The average Bonchev–Trinajstić information content (AvgIpc) is 2.78. The Morgan fingerprint density at radius 2 is 1.39 bits per heavy atom. The molecule has 2 atom stereocenters. The van der Waals surface area contributed by atoms with Gasteiger partial charge >= 0.3 is 5.97 Å². The van der Waals surface area contributed by atoms with Crippen LogP contribution in [0.15, 0.2) is 84.9 Å². The van der Waals surface area contributed by atoms with Crippen LogP contribution < -0.4 is 10.6 Å². The van der Waals surface area contributed by atoms with Crippen molar-refractivity contribution in [2.24, 2.45) is 0 Å². The van der Waals surface area contributed by atoms with Crippen molar-refractivity contribution in [2.75, 3.05) is 5.32 Å². The molecule has 31 heavy (non-hydrogen) atoms. The number of nitrogens with one attached hydrogen (secondary N) is 2. The Labute approximate surface area is 180 Å². The molecule has 0 aliphatic carbocycles. The fourth-order valence-electron chi connectivity index (χ4n) is 3.69. The molecule has 156 valence electrons. The first-order valence-corrected chi connectivity index (χ1v) is 10.3. The molecule has 5 heteroatoms. The summed E-state index contributed by atoms with van der Waals surface area (Å²) < 4.78 is 0. The smallest absolute Gasteiger partial charge is 0.326 e. The molecule has 0 bridgehead atoms. The van der Waals surface area contributed by atoms with Crippen LogP contribution in [-0.2, 0) is 16.0 Å². The van der Waals surface area contributed by atoms with Gasteiger partial charge in [0.1, 0.15) is 12.1 Å². The van der Waals surface area contributed by atoms with Crippen LogP contribution in [0.2, 0.25) is 0 Å². The zero-order valence-electron chi connectivity index (χ0n) is 17.2. The van der Waals surface area contributed by atoms with Crippen LogP contribution in [-0.4, -0.2) is 29.1 Å². The lowest BCUT2D eigenvalue weighted by Gasteiger charge is -2.20. The molecule has 0 heterocycles. The summed E-state index contributed by atoms with van der Waals surface area (Å²) >= 11 is 0. The van der Waals surface area contributed by atoms with Gasteiger partial charge in [-0.1, -0.05) is 72.8 Å².